The molecule has 1 aromatic carbocycles. The van der Waals surface area contributed by atoms with Gasteiger partial charge in [0, 0.05) is 23.8 Å². The second kappa shape index (κ2) is 23.0. The summed E-state index contributed by atoms with van der Waals surface area (Å²) in [7, 11) is 0. The Labute approximate surface area is 289 Å². The van der Waals surface area contributed by atoms with Crippen molar-refractivity contribution in [3.8, 4) is 0 Å². The van der Waals surface area contributed by atoms with Crippen LogP contribution in [0.4, 0.5) is 5.69 Å². The number of carbonyl (C=O) groups is 3. The highest BCUT2D eigenvalue weighted by molar-refractivity contribution is 5.91. The summed E-state index contributed by atoms with van der Waals surface area (Å²) in [6.45, 7) is 16.7. The third kappa shape index (κ3) is 20.0. The monoisotopic (exact) mass is 693 g/mol. The highest BCUT2D eigenvalue weighted by Gasteiger charge is 2.23. The smallest absolute Gasteiger partial charge is 0.311 e. The molecule has 0 aliphatic heterocycles. The van der Waals surface area contributed by atoms with Crippen LogP contribution in [0.25, 0.3) is 0 Å². The van der Waals surface area contributed by atoms with Crippen LogP contribution < -0.4 is 10.6 Å². The van der Waals surface area contributed by atoms with Crippen LogP contribution in [0.1, 0.15) is 52.8 Å². The molecule has 0 unspecified atom stereocenters. The van der Waals surface area contributed by atoms with Gasteiger partial charge in [0.1, 0.15) is 19.8 Å². The van der Waals surface area contributed by atoms with Gasteiger partial charge in [-0.05, 0) is 38.5 Å². The minimum atomic E-state index is -0.570. The van der Waals surface area contributed by atoms with Crippen molar-refractivity contribution < 1.29 is 47.5 Å². The van der Waals surface area contributed by atoms with Gasteiger partial charge in [-0.1, -0.05) is 38.1 Å². The maximum Gasteiger partial charge on any atom is 0.311 e. The molecular formula is C34H55N5O10. The van der Waals surface area contributed by atoms with Crippen LogP contribution >= 0.6 is 0 Å². The maximum atomic E-state index is 12.1. The molecule has 0 radical (unpaired) electrons. The van der Waals surface area contributed by atoms with E-state index in [1.165, 1.54) is 0 Å². The molecule has 0 bridgehead atoms. The van der Waals surface area contributed by atoms with Crippen LogP contribution in [0.15, 0.2) is 30.5 Å². The highest BCUT2D eigenvalue weighted by atomic mass is 16.6. The minimum absolute atomic E-state index is 0.0204. The van der Waals surface area contributed by atoms with Crippen molar-refractivity contribution in [2.24, 2.45) is 5.41 Å². The van der Waals surface area contributed by atoms with Gasteiger partial charge in [0.25, 0.3) is 0 Å². The summed E-state index contributed by atoms with van der Waals surface area (Å²) in [5.74, 6) is -1.03. The SMILES string of the molecule is CC(C)(C)C(=O)OCc1ccc(NC(=O)COCC(=O)NCCOCCOCCOCCOCCOCCn2cc(C(C)(C)C)nn2)cc1. The summed E-state index contributed by atoms with van der Waals surface area (Å²) >= 11 is 0. The lowest BCUT2D eigenvalue weighted by molar-refractivity contribution is -0.154. The lowest BCUT2D eigenvalue weighted by atomic mass is 9.93. The molecule has 276 valence electrons. The van der Waals surface area contributed by atoms with E-state index in [4.69, 9.17) is 33.2 Å². The van der Waals surface area contributed by atoms with E-state index in [-0.39, 0.29) is 37.1 Å². The average Bonchev–Trinajstić information content (AvgIpc) is 3.53. The Morgan fingerprint density at radius 2 is 1.22 bits per heavy atom. The van der Waals surface area contributed by atoms with Crippen molar-refractivity contribution in [2.75, 3.05) is 91.1 Å². The van der Waals surface area contributed by atoms with E-state index in [1.807, 2.05) is 6.20 Å². The van der Waals surface area contributed by atoms with Gasteiger partial charge >= 0.3 is 5.97 Å². The van der Waals surface area contributed by atoms with Crippen LogP contribution in [0.2, 0.25) is 0 Å². The predicted octanol–water partition coefficient (Wildman–Crippen LogP) is 2.52. The number of hydrogen-bond donors (Lipinski definition) is 2. The van der Waals surface area contributed by atoms with Gasteiger partial charge in [-0.3, -0.25) is 14.4 Å². The zero-order valence-electron chi connectivity index (χ0n) is 29.9. The number of hydrogen-bond acceptors (Lipinski definition) is 12. The van der Waals surface area contributed by atoms with Crippen molar-refractivity contribution in [3.63, 3.8) is 0 Å². The second-order valence-electron chi connectivity index (χ2n) is 13.1. The molecule has 0 saturated heterocycles. The van der Waals surface area contributed by atoms with E-state index in [9.17, 15) is 14.4 Å². The highest BCUT2D eigenvalue weighted by Crippen LogP contribution is 2.19. The fourth-order valence-electron chi connectivity index (χ4n) is 3.69. The van der Waals surface area contributed by atoms with Crippen LogP contribution in [0.5, 0.6) is 0 Å². The topological polar surface area (TPSA) is 171 Å². The number of nitrogens with zero attached hydrogens (tertiary/aromatic N) is 3. The summed E-state index contributed by atoms with van der Waals surface area (Å²) in [5, 5.41) is 13.7. The first-order chi connectivity index (χ1) is 23.3. The van der Waals surface area contributed by atoms with Gasteiger partial charge in [0.2, 0.25) is 11.8 Å². The molecule has 0 atom stereocenters. The number of rotatable bonds is 25. The van der Waals surface area contributed by atoms with Crippen LogP contribution in [0, 0.1) is 5.41 Å². The van der Waals surface area contributed by atoms with Gasteiger partial charge in [-0.15, -0.1) is 5.10 Å². The number of carbonyl (C=O) groups excluding carboxylic acids is 3. The number of benzene rings is 1. The first-order valence-electron chi connectivity index (χ1n) is 16.5. The zero-order valence-corrected chi connectivity index (χ0v) is 29.9. The Kier molecular flexibility index (Phi) is 19.6. The number of anilines is 1. The third-order valence-electron chi connectivity index (χ3n) is 6.51. The molecule has 0 aliphatic rings. The Balaban J connectivity index is 1.32. The molecule has 0 fully saturated rings. The van der Waals surface area contributed by atoms with Gasteiger partial charge < -0.3 is 43.8 Å². The predicted molar refractivity (Wildman–Crippen MR) is 181 cm³/mol. The molecule has 0 saturated carbocycles. The van der Waals surface area contributed by atoms with Crippen LogP contribution in [-0.2, 0) is 66.1 Å². The molecule has 1 heterocycles. The fraction of sp³-hybridized carbons (Fsp3) is 0.676. The molecule has 2 aromatic rings. The number of ether oxygens (including phenoxy) is 7. The van der Waals surface area contributed by atoms with E-state index in [1.54, 1.807) is 49.7 Å². The minimum Gasteiger partial charge on any atom is -0.460 e. The number of esters is 1. The summed E-state index contributed by atoms with van der Waals surface area (Å²) in [6, 6.07) is 6.91. The largest absolute Gasteiger partial charge is 0.460 e. The zero-order chi connectivity index (χ0) is 36.0. The summed E-state index contributed by atoms with van der Waals surface area (Å²) in [5.41, 5.74) is 1.73. The molecule has 15 heteroatoms. The summed E-state index contributed by atoms with van der Waals surface area (Å²) < 4.78 is 39.7. The van der Waals surface area contributed by atoms with E-state index in [0.717, 1.165) is 11.3 Å². The van der Waals surface area contributed by atoms with Crippen LogP contribution in [0.3, 0.4) is 0 Å². The Morgan fingerprint density at radius 1 is 0.694 bits per heavy atom. The molecule has 49 heavy (non-hydrogen) atoms. The number of aromatic nitrogens is 3. The molecule has 15 nitrogen and oxygen atoms in total. The van der Waals surface area contributed by atoms with Crippen molar-refractivity contribution >= 4 is 23.5 Å². The van der Waals surface area contributed by atoms with E-state index in [0.29, 0.717) is 84.8 Å². The molecule has 1 aromatic heterocycles. The van der Waals surface area contributed by atoms with Crippen LogP contribution in [-0.4, -0.2) is 119 Å². The standard InChI is InChI=1S/C34H55N5O10/c1-33(2,3)29-23-39(38-37-29)12-14-44-16-18-46-20-22-47-21-19-45-17-15-43-13-11-35-30(40)25-48-26-31(41)36-28-9-7-27(8-10-28)24-49-32(42)34(4,5)6/h7-10,23H,11-22,24-26H2,1-6H3,(H,35,40)(H,36,41). The normalized spacial score (nSPS) is 11.8. The van der Waals surface area contributed by atoms with Crippen molar-refractivity contribution in [2.45, 2.75) is 60.1 Å². The summed E-state index contributed by atoms with van der Waals surface area (Å²) in [6.07, 6.45) is 1.95. The lowest BCUT2D eigenvalue weighted by Gasteiger charge is -2.16. The molecular weight excluding hydrogens is 638 g/mol. The maximum absolute atomic E-state index is 12.1. The first kappa shape index (κ1) is 41.7. The van der Waals surface area contributed by atoms with Crippen molar-refractivity contribution in [3.05, 3.63) is 41.7 Å². The first-order valence-corrected chi connectivity index (χ1v) is 16.5. The van der Waals surface area contributed by atoms with Gasteiger partial charge in [-0.2, -0.15) is 0 Å². The van der Waals surface area contributed by atoms with Gasteiger partial charge in [0.05, 0.1) is 83.7 Å². The van der Waals surface area contributed by atoms with Gasteiger partial charge in [0.15, 0.2) is 0 Å². The van der Waals surface area contributed by atoms with Crippen molar-refractivity contribution in [1.82, 2.24) is 20.3 Å². The quantitative estimate of drug-likeness (QED) is 0.115. The number of amides is 2. The van der Waals surface area contributed by atoms with Gasteiger partial charge in [-0.25, -0.2) is 4.68 Å². The second-order valence-corrected chi connectivity index (χ2v) is 13.1. The number of nitrogens with one attached hydrogen (secondary N) is 2. The van der Waals surface area contributed by atoms with Crippen molar-refractivity contribution in [1.29, 1.82) is 0 Å². The van der Waals surface area contributed by atoms with E-state index < -0.39 is 11.3 Å². The third-order valence-corrected chi connectivity index (χ3v) is 6.51. The molecule has 2 amide bonds. The van der Waals surface area contributed by atoms with E-state index in [2.05, 4.69) is 41.7 Å². The Bertz CT molecular complexity index is 1230. The molecule has 2 N–H and O–H groups in total. The molecule has 2 rings (SSSR count). The fourth-order valence-corrected chi connectivity index (χ4v) is 3.69. The lowest BCUT2D eigenvalue weighted by Crippen LogP contribution is -2.32. The Hall–Kier alpha value is -3.47. The summed E-state index contributed by atoms with van der Waals surface area (Å²) in [4.78, 5) is 35.9. The average molecular weight is 694 g/mol. The molecule has 0 aliphatic carbocycles. The Morgan fingerprint density at radius 3 is 1.76 bits per heavy atom. The molecule has 0 spiro atoms. The van der Waals surface area contributed by atoms with E-state index >= 15 is 0 Å².